The predicted octanol–water partition coefficient (Wildman–Crippen LogP) is 3.38. The largest absolute Gasteiger partial charge is 0.345 e. The normalized spacial score (nSPS) is 11.2. The van der Waals surface area contributed by atoms with Gasteiger partial charge in [-0.3, -0.25) is 18.7 Å². The molecule has 5 rings (SSSR count). The van der Waals surface area contributed by atoms with Gasteiger partial charge in [-0.25, -0.2) is 9.78 Å². The lowest BCUT2D eigenvalue weighted by Gasteiger charge is -2.25. The van der Waals surface area contributed by atoms with E-state index < -0.39 is 11.2 Å². The zero-order valence-corrected chi connectivity index (χ0v) is 22.6. The highest BCUT2D eigenvalue weighted by molar-refractivity contribution is 6.00. The first-order valence-electron chi connectivity index (χ1n) is 12.5. The van der Waals surface area contributed by atoms with Gasteiger partial charge < -0.3 is 15.5 Å². The molecule has 0 atom stereocenters. The van der Waals surface area contributed by atoms with E-state index in [0.29, 0.717) is 28.1 Å². The van der Waals surface area contributed by atoms with Crippen LogP contribution >= 0.6 is 0 Å². The third kappa shape index (κ3) is 4.26. The molecule has 0 aliphatic heterocycles. The van der Waals surface area contributed by atoms with Crippen LogP contribution in [0.15, 0.2) is 76.3 Å². The van der Waals surface area contributed by atoms with E-state index in [1.807, 2.05) is 54.4 Å². The maximum absolute atomic E-state index is 13.6. The SMILES string of the molecule is CN(C)C(=O)c1cccc(-c2c(CN)c(N(C)c3ccc4ccccc4c3)nc3c2c(=O)n(C)c(=O)n3C)c1. The monoisotopic (exact) mass is 522 g/mol. The summed E-state index contributed by atoms with van der Waals surface area (Å²) < 4.78 is 2.43. The van der Waals surface area contributed by atoms with E-state index in [2.05, 4.69) is 6.07 Å². The van der Waals surface area contributed by atoms with Crippen molar-refractivity contribution in [1.82, 2.24) is 19.0 Å². The molecule has 0 fully saturated rings. The third-order valence-corrected chi connectivity index (χ3v) is 7.11. The zero-order chi connectivity index (χ0) is 28.0. The number of nitrogens with two attached hydrogens (primary N) is 1. The van der Waals surface area contributed by atoms with Gasteiger partial charge in [-0.2, -0.15) is 0 Å². The molecule has 0 aliphatic carbocycles. The standard InChI is InChI=1S/C30H30N6O3/c1-33(2)28(37)21-12-8-11-20(15-21)24-23(17-31)26(32-27-25(24)29(38)36(5)30(39)35(27)4)34(3)22-14-13-18-9-6-7-10-19(18)16-22/h6-16H,17,31H2,1-5H3. The van der Waals surface area contributed by atoms with Crippen LogP contribution in [0.5, 0.6) is 0 Å². The molecule has 0 spiro atoms. The van der Waals surface area contributed by atoms with Crippen LogP contribution in [-0.2, 0) is 20.6 Å². The van der Waals surface area contributed by atoms with Gasteiger partial charge in [0.05, 0.1) is 5.39 Å². The quantitative estimate of drug-likeness (QED) is 0.379. The molecule has 39 heavy (non-hydrogen) atoms. The summed E-state index contributed by atoms with van der Waals surface area (Å²) in [5.74, 6) is 0.348. The van der Waals surface area contributed by atoms with Crippen molar-refractivity contribution in [1.29, 1.82) is 0 Å². The number of aryl methyl sites for hydroxylation is 1. The molecule has 2 heterocycles. The van der Waals surface area contributed by atoms with Crippen molar-refractivity contribution < 1.29 is 4.79 Å². The Labute approximate surface area is 225 Å². The van der Waals surface area contributed by atoms with E-state index in [1.54, 1.807) is 39.3 Å². The maximum Gasteiger partial charge on any atom is 0.332 e. The topological polar surface area (TPSA) is 106 Å². The lowest BCUT2D eigenvalue weighted by Crippen LogP contribution is -2.38. The number of rotatable bonds is 5. The number of benzene rings is 3. The van der Waals surface area contributed by atoms with E-state index in [1.165, 1.54) is 16.5 Å². The molecule has 2 aromatic heterocycles. The number of hydrogen-bond donors (Lipinski definition) is 1. The fraction of sp³-hybridized carbons (Fsp3) is 0.200. The highest BCUT2D eigenvalue weighted by atomic mass is 16.2. The highest BCUT2D eigenvalue weighted by Gasteiger charge is 2.24. The van der Waals surface area contributed by atoms with Crippen LogP contribution in [0.2, 0.25) is 0 Å². The van der Waals surface area contributed by atoms with E-state index >= 15 is 0 Å². The third-order valence-electron chi connectivity index (χ3n) is 7.11. The molecule has 0 bridgehead atoms. The van der Waals surface area contributed by atoms with E-state index in [9.17, 15) is 14.4 Å². The molecule has 2 N–H and O–H groups in total. The summed E-state index contributed by atoms with van der Waals surface area (Å²) in [4.78, 5) is 47.6. The summed E-state index contributed by atoms with van der Waals surface area (Å²) in [6.07, 6.45) is 0. The fourth-order valence-electron chi connectivity index (χ4n) is 4.98. The van der Waals surface area contributed by atoms with Crippen molar-refractivity contribution in [2.45, 2.75) is 6.54 Å². The summed E-state index contributed by atoms with van der Waals surface area (Å²) >= 11 is 0. The Balaban J connectivity index is 1.87. The van der Waals surface area contributed by atoms with Crippen molar-refractivity contribution in [3.63, 3.8) is 0 Å². The van der Waals surface area contributed by atoms with Gasteiger partial charge in [0, 0.05) is 64.2 Å². The van der Waals surface area contributed by atoms with Crippen LogP contribution in [0.25, 0.3) is 32.9 Å². The second-order valence-electron chi connectivity index (χ2n) is 9.77. The van der Waals surface area contributed by atoms with Gasteiger partial charge in [-0.05, 0) is 40.6 Å². The van der Waals surface area contributed by atoms with Crippen LogP contribution < -0.4 is 21.9 Å². The molecule has 0 saturated heterocycles. The van der Waals surface area contributed by atoms with Gasteiger partial charge in [-0.1, -0.05) is 42.5 Å². The van der Waals surface area contributed by atoms with Crippen molar-refractivity contribution >= 4 is 39.2 Å². The Morgan fingerprint density at radius 1 is 0.897 bits per heavy atom. The second kappa shape index (κ2) is 9.85. The molecule has 1 amide bonds. The minimum absolute atomic E-state index is 0.0728. The molecular weight excluding hydrogens is 492 g/mol. The van der Waals surface area contributed by atoms with Gasteiger partial charge in [-0.15, -0.1) is 0 Å². The molecule has 0 aliphatic rings. The fourth-order valence-corrected chi connectivity index (χ4v) is 4.98. The number of fused-ring (bicyclic) bond motifs is 2. The highest BCUT2D eigenvalue weighted by Crippen LogP contribution is 2.37. The Morgan fingerprint density at radius 2 is 1.62 bits per heavy atom. The van der Waals surface area contributed by atoms with Crippen molar-refractivity contribution in [2.75, 3.05) is 26.0 Å². The first-order valence-corrected chi connectivity index (χ1v) is 12.5. The van der Waals surface area contributed by atoms with Gasteiger partial charge in [0.25, 0.3) is 11.5 Å². The Hall–Kier alpha value is -4.76. The first kappa shape index (κ1) is 25.9. The lowest BCUT2D eigenvalue weighted by molar-refractivity contribution is 0.0827. The van der Waals surface area contributed by atoms with Gasteiger partial charge in [0.15, 0.2) is 5.65 Å². The Morgan fingerprint density at radius 3 is 2.31 bits per heavy atom. The second-order valence-corrected chi connectivity index (χ2v) is 9.77. The van der Waals surface area contributed by atoms with Gasteiger partial charge in [0.1, 0.15) is 5.82 Å². The van der Waals surface area contributed by atoms with Crippen LogP contribution in [0, 0.1) is 0 Å². The van der Waals surface area contributed by atoms with E-state index in [-0.39, 0.29) is 23.5 Å². The molecule has 0 radical (unpaired) electrons. The number of pyridine rings is 1. The number of anilines is 2. The Kier molecular flexibility index (Phi) is 6.53. The smallest absolute Gasteiger partial charge is 0.332 e. The number of amides is 1. The molecule has 3 aromatic carbocycles. The van der Waals surface area contributed by atoms with Crippen LogP contribution in [0.1, 0.15) is 15.9 Å². The minimum Gasteiger partial charge on any atom is -0.345 e. The van der Waals surface area contributed by atoms with Crippen LogP contribution in [0.3, 0.4) is 0 Å². The van der Waals surface area contributed by atoms with Crippen molar-refractivity contribution in [2.24, 2.45) is 19.8 Å². The molecule has 5 aromatic rings. The molecular formula is C30H30N6O3. The maximum atomic E-state index is 13.6. The summed E-state index contributed by atoms with van der Waals surface area (Å²) in [7, 11) is 8.28. The lowest BCUT2D eigenvalue weighted by atomic mass is 9.95. The van der Waals surface area contributed by atoms with Crippen molar-refractivity contribution in [3.05, 3.63) is 98.7 Å². The summed E-state index contributed by atoms with van der Waals surface area (Å²) in [6, 6.07) is 21.2. The minimum atomic E-state index is -0.484. The van der Waals surface area contributed by atoms with Crippen molar-refractivity contribution in [3.8, 4) is 11.1 Å². The summed E-state index contributed by atoms with van der Waals surface area (Å²) in [6.45, 7) is 0.0728. The van der Waals surface area contributed by atoms with Gasteiger partial charge >= 0.3 is 5.69 Å². The number of hydrogen-bond acceptors (Lipinski definition) is 6. The number of carbonyl (C=O) groups is 1. The number of aromatic nitrogens is 3. The van der Waals surface area contributed by atoms with E-state index in [4.69, 9.17) is 10.7 Å². The van der Waals surface area contributed by atoms with Crippen LogP contribution in [-0.4, -0.2) is 46.1 Å². The molecule has 0 saturated carbocycles. The number of nitrogens with zero attached hydrogens (tertiary/aromatic N) is 5. The average molecular weight is 523 g/mol. The molecule has 0 unspecified atom stereocenters. The molecule has 9 heteroatoms. The molecule has 9 nitrogen and oxygen atoms in total. The predicted molar refractivity (Wildman–Crippen MR) is 156 cm³/mol. The van der Waals surface area contributed by atoms with Gasteiger partial charge in [0.2, 0.25) is 0 Å². The number of carbonyl (C=O) groups excluding carboxylic acids is 1. The van der Waals surface area contributed by atoms with Crippen LogP contribution in [0.4, 0.5) is 11.5 Å². The summed E-state index contributed by atoms with van der Waals surface area (Å²) in [5.41, 5.74) is 8.80. The Bertz CT molecular complexity index is 1890. The first-order chi connectivity index (χ1) is 18.6. The van der Waals surface area contributed by atoms with E-state index in [0.717, 1.165) is 21.0 Å². The summed E-state index contributed by atoms with van der Waals surface area (Å²) in [5, 5.41) is 2.44. The zero-order valence-electron chi connectivity index (χ0n) is 22.6. The average Bonchev–Trinajstić information content (AvgIpc) is 2.96. The molecule has 198 valence electrons.